The second kappa shape index (κ2) is 3.96. The molecule has 1 unspecified atom stereocenters. The van der Waals surface area contributed by atoms with Crippen molar-refractivity contribution in [2.24, 2.45) is 0 Å². The highest BCUT2D eigenvalue weighted by molar-refractivity contribution is 7.26. The average molecular weight is 286 g/mol. The van der Waals surface area contributed by atoms with Crippen molar-refractivity contribution in [3.05, 3.63) is 71.8 Å². The number of rotatable bonds is 0. The zero-order valence-corrected chi connectivity index (χ0v) is 12.6. The maximum absolute atomic E-state index is 2.33. The van der Waals surface area contributed by atoms with Gasteiger partial charge in [-0.2, -0.15) is 0 Å². The molecule has 1 aliphatic carbocycles. The largest absolute Gasteiger partial charge is 0.135 e. The van der Waals surface area contributed by atoms with Crippen LogP contribution in [-0.4, -0.2) is 0 Å². The zero-order chi connectivity index (χ0) is 14.0. The molecular weight excluding hydrogens is 272 g/mol. The molecule has 0 N–H and O–H groups in total. The first-order valence-electron chi connectivity index (χ1n) is 7.38. The van der Waals surface area contributed by atoms with E-state index in [4.69, 9.17) is 0 Å². The summed E-state index contributed by atoms with van der Waals surface area (Å²) in [5, 5.41) is 2.79. The number of hydrogen-bond donors (Lipinski definition) is 0. The average Bonchev–Trinajstić information content (AvgIpc) is 3.04. The van der Waals surface area contributed by atoms with Crippen LogP contribution in [0.5, 0.6) is 0 Å². The van der Waals surface area contributed by atoms with Crippen molar-refractivity contribution >= 4 is 31.5 Å². The molecule has 0 nitrogen and oxygen atoms in total. The molecule has 0 aliphatic heterocycles. The van der Waals surface area contributed by atoms with Crippen molar-refractivity contribution in [3.63, 3.8) is 0 Å². The quantitative estimate of drug-likeness (QED) is 0.362. The number of fused-ring (bicyclic) bond motifs is 7. The van der Waals surface area contributed by atoms with Gasteiger partial charge in [-0.25, -0.2) is 0 Å². The predicted molar refractivity (Wildman–Crippen MR) is 92.3 cm³/mol. The molecule has 5 rings (SSSR count). The summed E-state index contributed by atoms with van der Waals surface area (Å²) in [6, 6.07) is 22.3. The Balaban J connectivity index is 2.00. The molecule has 0 bridgehead atoms. The number of benzene rings is 3. The van der Waals surface area contributed by atoms with Gasteiger partial charge in [0.25, 0.3) is 0 Å². The van der Waals surface area contributed by atoms with Gasteiger partial charge in [0, 0.05) is 31.7 Å². The molecule has 100 valence electrons. The van der Waals surface area contributed by atoms with Crippen molar-refractivity contribution in [2.75, 3.05) is 0 Å². The molecule has 0 spiro atoms. The van der Waals surface area contributed by atoms with Crippen LogP contribution in [0.3, 0.4) is 0 Å². The fourth-order valence-corrected chi connectivity index (χ4v) is 4.98. The second-order valence-electron chi connectivity index (χ2n) is 5.81. The van der Waals surface area contributed by atoms with Crippen LogP contribution in [0.2, 0.25) is 0 Å². The van der Waals surface area contributed by atoms with Gasteiger partial charge in [0.1, 0.15) is 0 Å². The maximum Gasteiger partial charge on any atom is 0.0436 e. The minimum atomic E-state index is 0.505. The van der Waals surface area contributed by atoms with Crippen LogP contribution >= 0.6 is 11.3 Å². The van der Waals surface area contributed by atoms with E-state index in [1.54, 1.807) is 0 Å². The Labute approximate surface area is 127 Å². The molecule has 0 fully saturated rings. The third-order valence-electron chi connectivity index (χ3n) is 4.74. The lowest BCUT2D eigenvalue weighted by Gasteiger charge is -2.05. The van der Waals surface area contributed by atoms with Gasteiger partial charge < -0.3 is 0 Å². The third kappa shape index (κ3) is 1.39. The first-order valence-corrected chi connectivity index (χ1v) is 8.19. The Morgan fingerprint density at radius 3 is 2.52 bits per heavy atom. The van der Waals surface area contributed by atoms with E-state index in [1.165, 1.54) is 42.4 Å². The monoisotopic (exact) mass is 286 g/mol. The van der Waals surface area contributed by atoms with E-state index < -0.39 is 0 Å². The van der Waals surface area contributed by atoms with Crippen LogP contribution in [0.15, 0.2) is 60.7 Å². The molecule has 0 amide bonds. The number of hydrogen-bond acceptors (Lipinski definition) is 1. The summed E-state index contributed by atoms with van der Waals surface area (Å²) in [5.41, 5.74) is 5.85. The van der Waals surface area contributed by atoms with E-state index in [9.17, 15) is 0 Å². The van der Waals surface area contributed by atoms with Gasteiger partial charge in [0.05, 0.1) is 0 Å². The van der Waals surface area contributed by atoms with E-state index in [0.717, 1.165) is 0 Å². The van der Waals surface area contributed by atoms with Crippen LogP contribution in [0.4, 0.5) is 0 Å². The highest BCUT2D eigenvalue weighted by Gasteiger charge is 2.27. The van der Waals surface area contributed by atoms with E-state index >= 15 is 0 Å². The maximum atomic E-state index is 2.33. The smallest absolute Gasteiger partial charge is 0.0436 e. The summed E-state index contributed by atoms with van der Waals surface area (Å²) in [7, 11) is 0. The normalized spacial score (nSPS) is 16.3. The Bertz CT molecular complexity index is 1010. The first kappa shape index (κ1) is 11.5. The fourth-order valence-electron chi connectivity index (χ4n) is 3.71. The molecule has 0 saturated carbocycles. The van der Waals surface area contributed by atoms with Crippen molar-refractivity contribution < 1.29 is 0 Å². The highest BCUT2D eigenvalue weighted by atomic mass is 32.1. The fraction of sp³-hybridized carbons (Fsp3) is 0.100. The van der Waals surface area contributed by atoms with Gasteiger partial charge >= 0.3 is 0 Å². The molecule has 1 aromatic heterocycles. The van der Waals surface area contributed by atoms with Crippen LogP contribution < -0.4 is 0 Å². The summed E-state index contributed by atoms with van der Waals surface area (Å²) < 4.78 is 2.84. The van der Waals surface area contributed by atoms with Gasteiger partial charge in [-0.1, -0.05) is 61.5 Å². The lowest BCUT2D eigenvalue weighted by Crippen LogP contribution is -1.88. The molecule has 1 heteroatoms. The molecule has 1 atom stereocenters. The van der Waals surface area contributed by atoms with Gasteiger partial charge in [-0.3, -0.25) is 0 Å². The molecule has 1 aliphatic rings. The summed E-state index contributed by atoms with van der Waals surface area (Å²) >= 11 is 1.93. The standard InChI is InChI=1S/C20H14S/c1-12-13-6-2-3-8-16(13)19-14(12)10-11-17-15-7-4-5-9-18(15)21-20(17)19/h2-12H,1H3. The molecule has 4 aromatic rings. The van der Waals surface area contributed by atoms with E-state index in [2.05, 4.69) is 67.6 Å². The number of thiophene rings is 1. The summed E-state index contributed by atoms with van der Waals surface area (Å²) in [6.45, 7) is 2.32. The van der Waals surface area contributed by atoms with Crippen molar-refractivity contribution in [3.8, 4) is 11.1 Å². The zero-order valence-electron chi connectivity index (χ0n) is 11.8. The van der Waals surface area contributed by atoms with Gasteiger partial charge in [-0.15, -0.1) is 11.3 Å². The highest BCUT2D eigenvalue weighted by Crippen LogP contribution is 2.50. The molecular formula is C20H14S. The van der Waals surface area contributed by atoms with Gasteiger partial charge in [0.2, 0.25) is 0 Å². The third-order valence-corrected chi connectivity index (χ3v) is 5.95. The SMILES string of the molecule is CC1c2ccccc2-c2c1ccc1c2sc2ccccc21. The van der Waals surface area contributed by atoms with E-state index in [0.29, 0.717) is 5.92 Å². The molecule has 0 saturated heterocycles. The summed E-state index contributed by atoms with van der Waals surface area (Å²) in [4.78, 5) is 0. The Morgan fingerprint density at radius 2 is 1.57 bits per heavy atom. The lowest BCUT2D eigenvalue weighted by atomic mass is 9.98. The second-order valence-corrected chi connectivity index (χ2v) is 6.87. The predicted octanol–water partition coefficient (Wildman–Crippen LogP) is 6.19. The lowest BCUT2D eigenvalue weighted by molar-refractivity contribution is 0.958. The molecule has 0 radical (unpaired) electrons. The first-order chi connectivity index (χ1) is 10.3. The summed E-state index contributed by atoms with van der Waals surface area (Å²) in [6.07, 6.45) is 0. The Kier molecular flexibility index (Phi) is 2.17. The van der Waals surface area contributed by atoms with Crippen molar-refractivity contribution in [2.45, 2.75) is 12.8 Å². The van der Waals surface area contributed by atoms with E-state index in [-0.39, 0.29) is 0 Å². The van der Waals surface area contributed by atoms with Crippen LogP contribution in [0, 0.1) is 0 Å². The molecule has 1 heterocycles. The summed E-state index contributed by atoms with van der Waals surface area (Å²) in [5.74, 6) is 0.505. The van der Waals surface area contributed by atoms with Crippen molar-refractivity contribution in [1.29, 1.82) is 0 Å². The molecule has 21 heavy (non-hydrogen) atoms. The van der Waals surface area contributed by atoms with Crippen LogP contribution in [-0.2, 0) is 0 Å². The topological polar surface area (TPSA) is 0 Å². The van der Waals surface area contributed by atoms with Crippen LogP contribution in [0.1, 0.15) is 24.0 Å². The Hall–Kier alpha value is -2.12. The minimum Gasteiger partial charge on any atom is -0.135 e. The van der Waals surface area contributed by atoms with Crippen molar-refractivity contribution in [1.82, 2.24) is 0 Å². The Morgan fingerprint density at radius 1 is 0.762 bits per heavy atom. The van der Waals surface area contributed by atoms with Gasteiger partial charge in [-0.05, 0) is 22.8 Å². The van der Waals surface area contributed by atoms with E-state index in [1.807, 2.05) is 11.3 Å². The van der Waals surface area contributed by atoms with Crippen LogP contribution in [0.25, 0.3) is 31.3 Å². The van der Waals surface area contributed by atoms with Gasteiger partial charge in [0.15, 0.2) is 0 Å². The molecule has 3 aromatic carbocycles. The minimum absolute atomic E-state index is 0.505.